The Morgan fingerprint density at radius 3 is 2.91 bits per heavy atom. The molecule has 0 aromatic carbocycles. The van der Waals surface area contributed by atoms with Gasteiger partial charge in [0.15, 0.2) is 5.37 Å². The summed E-state index contributed by atoms with van der Waals surface area (Å²) in [5.41, 5.74) is 0. The molecule has 0 aromatic heterocycles. The first-order valence-electron chi connectivity index (χ1n) is 3.22. The number of amides is 3. The van der Waals surface area contributed by atoms with Gasteiger partial charge in [0.05, 0.1) is 0 Å². The summed E-state index contributed by atoms with van der Waals surface area (Å²) in [6, 6.07) is -0.370. The van der Waals surface area contributed by atoms with Gasteiger partial charge in [0.1, 0.15) is 0 Å². The number of imide groups is 1. The summed E-state index contributed by atoms with van der Waals surface area (Å²) >= 11 is 1.46. The van der Waals surface area contributed by atoms with Gasteiger partial charge in [-0.15, -0.1) is 11.8 Å². The van der Waals surface area contributed by atoms with Crippen LogP contribution in [0.3, 0.4) is 0 Å². The van der Waals surface area contributed by atoms with Gasteiger partial charge in [0, 0.05) is 12.3 Å². The lowest BCUT2D eigenvalue weighted by atomic mass is 10.5. The summed E-state index contributed by atoms with van der Waals surface area (Å²) in [5.74, 6) is 5.73. The van der Waals surface area contributed by atoms with Gasteiger partial charge in [-0.25, -0.2) is 10.6 Å². The molecule has 2 saturated heterocycles. The second-order valence-corrected chi connectivity index (χ2v) is 3.60. The average Bonchev–Trinajstić information content (AvgIpc) is 2.53. The van der Waals surface area contributed by atoms with Crippen molar-refractivity contribution in [2.45, 2.75) is 5.37 Å². The molecule has 5 nitrogen and oxygen atoms in total. The zero-order chi connectivity index (χ0) is 8.01. The highest BCUT2D eigenvalue weighted by molar-refractivity contribution is 8.00. The van der Waals surface area contributed by atoms with Crippen LogP contribution in [0.4, 0.5) is 4.79 Å². The standard InChI is InChI=1S/C5H7N3O2S/c6-8-3(9)4-7(5(8)10)1-2-11-4/h4H,1-2,6H2. The predicted octanol–water partition coefficient (Wildman–Crippen LogP) is -0.803. The molecule has 2 rings (SSSR count). The molecule has 2 aliphatic rings. The van der Waals surface area contributed by atoms with Crippen LogP contribution >= 0.6 is 11.8 Å². The number of urea groups is 1. The van der Waals surface area contributed by atoms with Crippen molar-refractivity contribution in [1.82, 2.24) is 9.91 Å². The first-order chi connectivity index (χ1) is 5.22. The Morgan fingerprint density at radius 1 is 1.55 bits per heavy atom. The summed E-state index contributed by atoms with van der Waals surface area (Å²) in [7, 11) is 0. The SMILES string of the molecule is NN1C(=O)C2SCCN2C1=O. The minimum Gasteiger partial charge on any atom is -0.301 e. The fourth-order valence-corrected chi connectivity index (χ4v) is 2.38. The highest BCUT2D eigenvalue weighted by Gasteiger charge is 2.46. The Labute approximate surface area is 67.5 Å². The van der Waals surface area contributed by atoms with E-state index in [1.54, 1.807) is 0 Å². The summed E-state index contributed by atoms with van der Waals surface area (Å²) in [4.78, 5) is 23.7. The lowest BCUT2D eigenvalue weighted by Crippen LogP contribution is -2.39. The van der Waals surface area contributed by atoms with Crippen LogP contribution in [-0.2, 0) is 4.79 Å². The Bertz CT molecular complexity index is 210. The molecule has 2 aliphatic heterocycles. The number of fused-ring (bicyclic) bond motifs is 1. The molecule has 0 radical (unpaired) electrons. The van der Waals surface area contributed by atoms with Crippen molar-refractivity contribution in [2.24, 2.45) is 5.84 Å². The number of hydrogen-bond donors (Lipinski definition) is 1. The third-order valence-electron chi connectivity index (χ3n) is 1.79. The zero-order valence-electron chi connectivity index (χ0n) is 5.69. The van der Waals surface area contributed by atoms with Crippen LogP contribution < -0.4 is 5.84 Å². The summed E-state index contributed by atoms with van der Waals surface area (Å²) in [6.07, 6.45) is 0. The van der Waals surface area contributed by atoms with Crippen molar-refractivity contribution >= 4 is 23.7 Å². The van der Waals surface area contributed by atoms with Crippen LogP contribution in [0.1, 0.15) is 0 Å². The number of rotatable bonds is 0. The number of carbonyl (C=O) groups is 2. The molecule has 0 aromatic rings. The molecule has 2 N–H and O–H groups in total. The van der Waals surface area contributed by atoms with Gasteiger partial charge in [0.2, 0.25) is 0 Å². The van der Waals surface area contributed by atoms with Crippen molar-refractivity contribution in [3.05, 3.63) is 0 Å². The maximum absolute atomic E-state index is 11.1. The predicted molar refractivity (Wildman–Crippen MR) is 39.4 cm³/mol. The van der Waals surface area contributed by atoms with E-state index in [1.807, 2.05) is 0 Å². The van der Waals surface area contributed by atoms with Gasteiger partial charge < -0.3 is 4.90 Å². The Hall–Kier alpha value is -0.750. The minimum absolute atomic E-state index is 0.294. The Morgan fingerprint density at radius 2 is 2.27 bits per heavy atom. The van der Waals surface area contributed by atoms with E-state index in [9.17, 15) is 9.59 Å². The normalized spacial score (nSPS) is 30.1. The molecule has 3 amide bonds. The molecular weight excluding hydrogens is 166 g/mol. The Kier molecular flexibility index (Phi) is 1.33. The largest absolute Gasteiger partial charge is 0.342 e. The van der Waals surface area contributed by atoms with Crippen molar-refractivity contribution in [3.63, 3.8) is 0 Å². The third-order valence-corrected chi connectivity index (χ3v) is 2.98. The number of hydrogen-bond acceptors (Lipinski definition) is 4. The van der Waals surface area contributed by atoms with Crippen LogP contribution in [0.25, 0.3) is 0 Å². The molecular formula is C5H7N3O2S. The molecule has 0 saturated carbocycles. The molecule has 0 spiro atoms. The molecule has 0 aliphatic carbocycles. The summed E-state index contributed by atoms with van der Waals surface area (Å²) in [6.45, 7) is 0.633. The number of carbonyl (C=O) groups excluding carboxylic acids is 2. The van der Waals surface area contributed by atoms with Crippen molar-refractivity contribution in [3.8, 4) is 0 Å². The number of nitrogens with zero attached hydrogens (tertiary/aromatic N) is 2. The highest BCUT2D eigenvalue weighted by atomic mass is 32.2. The average molecular weight is 173 g/mol. The van der Waals surface area contributed by atoms with Crippen LogP contribution in [0.2, 0.25) is 0 Å². The smallest absolute Gasteiger partial charge is 0.301 e. The molecule has 0 bridgehead atoms. The number of thioether (sulfide) groups is 1. The second-order valence-electron chi connectivity index (χ2n) is 2.41. The van der Waals surface area contributed by atoms with E-state index < -0.39 is 0 Å². The summed E-state index contributed by atoms with van der Waals surface area (Å²) < 4.78 is 0. The maximum Gasteiger partial charge on any atom is 0.342 e. The molecule has 6 heteroatoms. The van der Waals surface area contributed by atoms with E-state index in [4.69, 9.17) is 5.84 Å². The lowest BCUT2D eigenvalue weighted by molar-refractivity contribution is -0.126. The van der Waals surface area contributed by atoms with Crippen molar-refractivity contribution < 1.29 is 9.59 Å². The van der Waals surface area contributed by atoms with Crippen molar-refractivity contribution in [1.29, 1.82) is 0 Å². The van der Waals surface area contributed by atoms with E-state index in [-0.39, 0.29) is 17.3 Å². The molecule has 2 heterocycles. The minimum atomic E-state index is -0.370. The van der Waals surface area contributed by atoms with Gasteiger partial charge >= 0.3 is 6.03 Å². The van der Waals surface area contributed by atoms with E-state index >= 15 is 0 Å². The molecule has 1 atom stereocenters. The van der Waals surface area contributed by atoms with Gasteiger partial charge in [-0.2, -0.15) is 5.01 Å². The maximum atomic E-state index is 11.1. The van der Waals surface area contributed by atoms with E-state index in [2.05, 4.69) is 0 Å². The zero-order valence-corrected chi connectivity index (χ0v) is 6.50. The first kappa shape index (κ1) is 6.93. The monoisotopic (exact) mass is 173 g/mol. The summed E-state index contributed by atoms with van der Waals surface area (Å²) in [5, 5.41) is 0.351. The lowest BCUT2D eigenvalue weighted by Gasteiger charge is -2.09. The van der Waals surface area contributed by atoms with Crippen LogP contribution in [0.5, 0.6) is 0 Å². The van der Waals surface area contributed by atoms with Gasteiger partial charge in [-0.3, -0.25) is 4.79 Å². The van der Waals surface area contributed by atoms with Gasteiger partial charge in [-0.1, -0.05) is 0 Å². The topological polar surface area (TPSA) is 66.6 Å². The number of nitrogens with two attached hydrogens (primary N) is 1. The van der Waals surface area contributed by atoms with E-state index in [0.717, 1.165) is 5.75 Å². The quantitative estimate of drug-likeness (QED) is 0.296. The van der Waals surface area contributed by atoms with Crippen LogP contribution in [-0.4, -0.2) is 39.5 Å². The van der Waals surface area contributed by atoms with Crippen LogP contribution in [0.15, 0.2) is 0 Å². The van der Waals surface area contributed by atoms with Gasteiger partial charge in [-0.05, 0) is 0 Å². The number of hydrazine groups is 1. The fraction of sp³-hybridized carbons (Fsp3) is 0.600. The third kappa shape index (κ3) is 0.763. The van der Waals surface area contributed by atoms with E-state index in [1.165, 1.54) is 16.7 Å². The van der Waals surface area contributed by atoms with Gasteiger partial charge in [0.25, 0.3) is 5.91 Å². The first-order valence-corrected chi connectivity index (χ1v) is 4.27. The second kappa shape index (κ2) is 2.12. The molecule has 60 valence electrons. The molecule has 1 unspecified atom stereocenters. The van der Waals surface area contributed by atoms with Crippen molar-refractivity contribution in [2.75, 3.05) is 12.3 Å². The fourth-order valence-electron chi connectivity index (χ4n) is 1.22. The molecule has 2 fully saturated rings. The Balaban J connectivity index is 2.30. The van der Waals surface area contributed by atoms with E-state index in [0.29, 0.717) is 11.6 Å². The highest BCUT2D eigenvalue weighted by Crippen LogP contribution is 2.30. The molecule has 11 heavy (non-hydrogen) atoms. The van der Waals surface area contributed by atoms with Crippen LogP contribution in [0, 0.1) is 0 Å².